The first-order chi connectivity index (χ1) is 8.19. The molecule has 3 nitrogen and oxygen atoms in total. The Morgan fingerprint density at radius 3 is 2.59 bits per heavy atom. The second-order valence-electron chi connectivity index (χ2n) is 3.49. The molecule has 0 aromatic heterocycles. The number of ether oxygens (including phenoxy) is 2. The van der Waals surface area contributed by atoms with Crippen LogP contribution in [0.1, 0.15) is 18.9 Å². The van der Waals surface area contributed by atoms with Crippen molar-refractivity contribution in [1.82, 2.24) is 0 Å². The van der Waals surface area contributed by atoms with E-state index in [9.17, 15) is 5.11 Å². The lowest BCUT2D eigenvalue weighted by Crippen LogP contribution is -2.08. The molecular weight excluding hydrogens is 263 g/mol. The number of hydrogen-bond donors (Lipinski definition) is 1. The van der Waals surface area contributed by atoms with Gasteiger partial charge in [0.25, 0.3) is 0 Å². The van der Waals surface area contributed by atoms with Crippen LogP contribution in [0, 0.1) is 0 Å². The monoisotopic (exact) mass is 278 g/mol. The first-order valence-electron chi connectivity index (χ1n) is 5.48. The molecule has 1 aromatic carbocycles. The molecule has 0 bridgehead atoms. The third-order valence-corrected chi connectivity index (χ3v) is 2.58. The highest BCUT2D eigenvalue weighted by Gasteiger charge is 2.09. The summed E-state index contributed by atoms with van der Waals surface area (Å²) in [5.41, 5.74) is 0.581. The van der Waals surface area contributed by atoms with Crippen LogP contribution in [-0.4, -0.2) is 24.9 Å². The highest BCUT2D eigenvalue weighted by atomic mass is 35.5. The number of aliphatic hydroxyl groups is 1. The van der Waals surface area contributed by atoms with Crippen LogP contribution in [0.5, 0.6) is 5.75 Å². The van der Waals surface area contributed by atoms with Gasteiger partial charge < -0.3 is 14.6 Å². The quantitative estimate of drug-likeness (QED) is 0.778. The Morgan fingerprint density at radius 1 is 1.18 bits per heavy atom. The standard InChI is InChI=1S/C12H16Cl2O3/c1-2-3-16-4-5-17-12-9(8-15)6-10(13)7-11(12)14/h6-7,15H,2-5,8H2,1H3. The van der Waals surface area contributed by atoms with Crippen LogP contribution >= 0.6 is 23.2 Å². The average Bonchev–Trinajstić information content (AvgIpc) is 2.30. The Bertz CT molecular complexity index is 356. The lowest BCUT2D eigenvalue weighted by Gasteiger charge is -2.12. The zero-order valence-electron chi connectivity index (χ0n) is 9.71. The molecule has 0 aliphatic carbocycles. The third kappa shape index (κ3) is 4.72. The average molecular weight is 279 g/mol. The van der Waals surface area contributed by atoms with E-state index < -0.39 is 0 Å². The van der Waals surface area contributed by atoms with E-state index in [1.165, 1.54) is 0 Å². The predicted molar refractivity (Wildman–Crippen MR) is 69.0 cm³/mol. The topological polar surface area (TPSA) is 38.7 Å². The van der Waals surface area contributed by atoms with E-state index in [1.54, 1.807) is 12.1 Å². The molecule has 0 unspecified atom stereocenters. The molecule has 0 heterocycles. The van der Waals surface area contributed by atoms with Crippen molar-refractivity contribution < 1.29 is 14.6 Å². The second-order valence-corrected chi connectivity index (χ2v) is 4.34. The number of aliphatic hydroxyl groups excluding tert-OH is 1. The van der Waals surface area contributed by atoms with Crippen molar-refractivity contribution in [3.63, 3.8) is 0 Å². The van der Waals surface area contributed by atoms with E-state index in [0.29, 0.717) is 41.2 Å². The van der Waals surface area contributed by atoms with Crippen molar-refractivity contribution in [1.29, 1.82) is 0 Å². The van der Waals surface area contributed by atoms with Crippen molar-refractivity contribution in [2.45, 2.75) is 20.0 Å². The second kappa shape index (κ2) is 7.77. The molecule has 0 aliphatic heterocycles. The van der Waals surface area contributed by atoms with Gasteiger partial charge in [-0.2, -0.15) is 0 Å². The number of benzene rings is 1. The lowest BCUT2D eigenvalue weighted by atomic mass is 10.2. The molecule has 0 atom stereocenters. The van der Waals surface area contributed by atoms with E-state index in [2.05, 4.69) is 0 Å². The highest BCUT2D eigenvalue weighted by molar-refractivity contribution is 6.35. The maximum atomic E-state index is 9.18. The molecule has 0 amide bonds. The van der Waals surface area contributed by atoms with Gasteiger partial charge in [-0.15, -0.1) is 0 Å². The van der Waals surface area contributed by atoms with Gasteiger partial charge in [-0.3, -0.25) is 0 Å². The Kier molecular flexibility index (Phi) is 6.66. The highest BCUT2D eigenvalue weighted by Crippen LogP contribution is 2.32. The molecule has 0 saturated heterocycles. The van der Waals surface area contributed by atoms with Crippen LogP contribution in [0.4, 0.5) is 0 Å². The van der Waals surface area contributed by atoms with Crippen LogP contribution in [0.15, 0.2) is 12.1 Å². The Morgan fingerprint density at radius 2 is 1.94 bits per heavy atom. The zero-order chi connectivity index (χ0) is 12.7. The van der Waals surface area contributed by atoms with E-state index in [-0.39, 0.29) is 6.61 Å². The molecule has 0 aliphatic rings. The van der Waals surface area contributed by atoms with Gasteiger partial charge in [0, 0.05) is 17.2 Å². The summed E-state index contributed by atoms with van der Waals surface area (Å²) < 4.78 is 10.8. The summed E-state index contributed by atoms with van der Waals surface area (Å²) in [4.78, 5) is 0. The first kappa shape index (κ1) is 14.6. The Hall–Kier alpha value is -0.480. The predicted octanol–water partition coefficient (Wildman–Crippen LogP) is 3.29. The van der Waals surface area contributed by atoms with Gasteiger partial charge in [0.05, 0.1) is 18.2 Å². The van der Waals surface area contributed by atoms with Crippen LogP contribution in [0.3, 0.4) is 0 Å². The summed E-state index contributed by atoms with van der Waals surface area (Å²) in [6.45, 7) is 3.49. The summed E-state index contributed by atoms with van der Waals surface area (Å²) >= 11 is 11.8. The van der Waals surface area contributed by atoms with Gasteiger partial charge in [0.1, 0.15) is 12.4 Å². The molecule has 1 aromatic rings. The smallest absolute Gasteiger partial charge is 0.143 e. The largest absolute Gasteiger partial charge is 0.489 e. The van der Waals surface area contributed by atoms with Crippen LogP contribution < -0.4 is 4.74 Å². The van der Waals surface area contributed by atoms with Crippen molar-refractivity contribution in [3.05, 3.63) is 27.7 Å². The summed E-state index contributed by atoms with van der Waals surface area (Å²) in [5.74, 6) is 0.471. The Labute approximate surface area is 111 Å². The lowest BCUT2D eigenvalue weighted by molar-refractivity contribution is 0.0997. The summed E-state index contributed by atoms with van der Waals surface area (Å²) in [6, 6.07) is 3.22. The maximum absolute atomic E-state index is 9.18. The minimum atomic E-state index is -0.161. The fourth-order valence-electron chi connectivity index (χ4n) is 1.34. The molecule has 1 N–H and O–H groups in total. The van der Waals surface area contributed by atoms with Crippen molar-refractivity contribution in [2.24, 2.45) is 0 Å². The Balaban J connectivity index is 2.57. The van der Waals surface area contributed by atoms with Gasteiger partial charge in [0.15, 0.2) is 0 Å². The fourth-order valence-corrected chi connectivity index (χ4v) is 1.93. The molecule has 96 valence electrons. The molecule has 1 rings (SSSR count). The normalized spacial score (nSPS) is 10.6. The molecule has 5 heteroatoms. The number of rotatable bonds is 7. The van der Waals surface area contributed by atoms with Gasteiger partial charge in [0.2, 0.25) is 0 Å². The minimum absolute atomic E-state index is 0.161. The van der Waals surface area contributed by atoms with Gasteiger partial charge in [-0.1, -0.05) is 30.1 Å². The number of halogens is 2. The van der Waals surface area contributed by atoms with Crippen molar-refractivity contribution in [2.75, 3.05) is 19.8 Å². The molecule has 0 spiro atoms. The molecule has 0 radical (unpaired) electrons. The molecular formula is C12H16Cl2O3. The maximum Gasteiger partial charge on any atom is 0.143 e. The van der Waals surface area contributed by atoms with E-state index in [4.69, 9.17) is 32.7 Å². The molecule has 0 saturated carbocycles. The minimum Gasteiger partial charge on any atom is -0.489 e. The van der Waals surface area contributed by atoms with E-state index in [1.807, 2.05) is 6.92 Å². The summed E-state index contributed by atoms with van der Waals surface area (Å²) in [7, 11) is 0. The first-order valence-corrected chi connectivity index (χ1v) is 6.24. The van der Waals surface area contributed by atoms with Crippen LogP contribution in [-0.2, 0) is 11.3 Å². The summed E-state index contributed by atoms with van der Waals surface area (Å²) in [5, 5.41) is 10.1. The van der Waals surface area contributed by atoms with Gasteiger partial charge >= 0.3 is 0 Å². The number of hydrogen-bond acceptors (Lipinski definition) is 3. The fraction of sp³-hybridized carbons (Fsp3) is 0.500. The van der Waals surface area contributed by atoms with Gasteiger partial charge in [-0.25, -0.2) is 0 Å². The van der Waals surface area contributed by atoms with Crippen molar-refractivity contribution in [3.8, 4) is 5.75 Å². The summed E-state index contributed by atoms with van der Waals surface area (Å²) in [6.07, 6.45) is 0.976. The van der Waals surface area contributed by atoms with Crippen LogP contribution in [0.2, 0.25) is 10.0 Å². The third-order valence-electron chi connectivity index (χ3n) is 2.08. The van der Waals surface area contributed by atoms with Crippen molar-refractivity contribution >= 4 is 23.2 Å². The molecule has 0 fully saturated rings. The SMILES string of the molecule is CCCOCCOc1c(Cl)cc(Cl)cc1CO. The molecule has 17 heavy (non-hydrogen) atoms. The zero-order valence-corrected chi connectivity index (χ0v) is 11.2. The van der Waals surface area contributed by atoms with E-state index >= 15 is 0 Å². The van der Waals surface area contributed by atoms with Crippen LogP contribution in [0.25, 0.3) is 0 Å². The van der Waals surface area contributed by atoms with Gasteiger partial charge in [-0.05, 0) is 18.6 Å². The van der Waals surface area contributed by atoms with E-state index in [0.717, 1.165) is 6.42 Å².